The van der Waals surface area contributed by atoms with E-state index in [4.69, 9.17) is 22.1 Å². The van der Waals surface area contributed by atoms with Crippen molar-refractivity contribution in [1.29, 1.82) is 0 Å². The van der Waals surface area contributed by atoms with Crippen LogP contribution in [-0.2, 0) is 14.3 Å². The number of benzene rings is 1. The summed E-state index contributed by atoms with van der Waals surface area (Å²) in [5.74, 6) is -3.66. The van der Waals surface area contributed by atoms with Gasteiger partial charge < -0.3 is 15.8 Å². The summed E-state index contributed by atoms with van der Waals surface area (Å²) in [7, 11) is 0. The Morgan fingerprint density at radius 3 is 2.29 bits per heavy atom. The van der Waals surface area contributed by atoms with Crippen molar-refractivity contribution in [3.8, 4) is 0 Å². The predicted molar refractivity (Wildman–Crippen MR) is 102 cm³/mol. The number of amides is 1. The highest BCUT2D eigenvalue weighted by atomic mass is 35.5. The Morgan fingerprint density at radius 1 is 1.21 bits per heavy atom. The molecule has 0 saturated carbocycles. The van der Waals surface area contributed by atoms with Crippen LogP contribution in [0.5, 0.6) is 0 Å². The summed E-state index contributed by atoms with van der Waals surface area (Å²) in [6.45, 7) is 7.91. The lowest BCUT2D eigenvalue weighted by Gasteiger charge is -2.23. The molecule has 1 aromatic carbocycles. The van der Waals surface area contributed by atoms with Crippen molar-refractivity contribution in [2.45, 2.75) is 64.8 Å². The molecule has 1 aromatic rings. The average Bonchev–Trinajstić information content (AvgIpc) is 2.52. The first-order valence-corrected chi connectivity index (χ1v) is 9.14. The van der Waals surface area contributed by atoms with Gasteiger partial charge in [0, 0.05) is 0 Å². The van der Waals surface area contributed by atoms with E-state index in [1.807, 2.05) is 0 Å². The molecule has 0 aromatic heterocycles. The minimum atomic E-state index is -4.59. The van der Waals surface area contributed by atoms with Crippen LogP contribution < -0.4 is 11.1 Å². The Labute approximate surface area is 167 Å². The lowest BCUT2D eigenvalue weighted by atomic mass is 9.97. The van der Waals surface area contributed by atoms with E-state index in [2.05, 4.69) is 5.32 Å². The zero-order valence-corrected chi connectivity index (χ0v) is 17.2. The summed E-state index contributed by atoms with van der Waals surface area (Å²) in [5, 5.41) is 2.48. The molecule has 1 amide bonds. The Hall–Kier alpha value is -1.80. The number of hydrogen-bond donors (Lipinski definition) is 2. The highest BCUT2D eigenvalue weighted by Gasteiger charge is 2.42. The number of anilines is 1. The monoisotopic (exact) mass is 422 g/mol. The number of nitrogens with one attached hydrogen (secondary N) is 1. The van der Waals surface area contributed by atoms with Gasteiger partial charge in [0.1, 0.15) is 5.60 Å². The first kappa shape index (κ1) is 24.2. The van der Waals surface area contributed by atoms with Crippen LogP contribution in [0.4, 0.5) is 18.9 Å². The average molecular weight is 423 g/mol. The molecule has 0 aliphatic carbocycles. The van der Waals surface area contributed by atoms with Gasteiger partial charge in [-0.05, 0) is 44.4 Å². The van der Waals surface area contributed by atoms with E-state index < -0.39 is 29.6 Å². The number of carbonyl (C=O) groups excluding carboxylic acids is 2. The van der Waals surface area contributed by atoms with Crippen molar-refractivity contribution in [3.05, 3.63) is 28.8 Å². The molecule has 0 saturated heterocycles. The van der Waals surface area contributed by atoms with Crippen LogP contribution in [0.1, 0.15) is 52.5 Å². The van der Waals surface area contributed by atoms with Gasteiger partial charge in [0.15, 0.2) is 0 Å². The lowest BCUT2D eigenvalue weighted by Crippen LogP contribution is -2.46. The largest absolute Gasteiger partial charge is 0.460 e. The fourth-order valence-electron chi connectivity index (χ4n) is 2.34. The van der Waals surface area contributed by atoms with Gasteiger partial charge in [-0.25, -0.2) is 0 Å². The van der Waals surface area contributed by atoms with Crippen molar-refractivity contribution in [3.63, 3.8) is 0 Å². The molecule has 3 unspecified atom stereocenters. The number of alkyl halides is 3. The van der Waals surface area contributed by atoms with Crippen LogP contribution in [-0.4, -0.2) is 29.7 Å². The Morgan fingerprint density at radius 2 is 1.79 bits per heavy atom. The molecule has 0 spiro atoms. The van der Waals surface area contributed by atoms with Crippen LogP contribution >= 0.6 is 11.6 Å². The van der Waals surface area contributed by atoms with Gasteiger partial charge in [0.25, 0.3) is 0 Å². The molecule has 0 bridgehead atoms. The summed E-state index contributed by atoms with van der Waals surface area (Å²) in [6.07, 6.45) is -4.50. The maximum Gasteiger partial charge on any atom is 0.393 e. The maximum absolute atomic E-state index is 12.8. The summed E-state index contributed by atoms with van der Waals surface area (Å²) in [4.78, 5) is 24.1. The Balaban J connectivity index is 2.90. The van der Waals surface area contributed by atoms with Crippen molar-refractivity contribution >= 4 is 29.2 Å². The van der Waals surface area contributed by atoms with Crippen molar-refractivity contribution < 1.29 is 27.5 Å². The van der Waals surface area contributed by atoms with Crippen molar-refractivity contribution in [2.24, 2.45) is 11.7 Å². The topological polar surface area (TPSA) is 81.4 Å². The quantitative estimate of drug-likeness (QED) is 0.654. The van der Waals surface area contributed by atoms with Gasteiger partial charge in [-0.1, -0.05) is 31.5 Å². The van der Waals surface area contributed by atoms with Crippen LogP contribution in [0.3, 0.4) is 0 Å². The van der Waals surface area contributed by atoms with E-state index in [1.165, 1.54) is 12.1 Å². The third kappa shape index (κ3) is 7.31. The number of esters is 1. The van der Waals surface area contributed by atoms with Gasteiger partial charge in [-0.2, -0.15) is 13.2 Å². The minimum absolute atomic E-state index is 0.0942. The first-order chi connectivity index (χ1) is 12.6. The summed E-state index contributed by atoms with van der Waals surface area (Å²) >= 11 is 6.04. The highest BCUT2D eigenvalue weighted by Crippen LogP contribution is 2.31. The molecule has 158 valence electrons. The third-order valence-electron chi connectivity index (χ3n) is 4.07. The number of hydrogen-bond acceptors (Lipinski definition) is 4. The van der Waals surface area contributed by atoms with Crippen molar-refractivity contribution in [1.82, 2.24) is 0 Å². The maximum atomic E-state index is 12.8. The minimum Gasteiger partial charge on any atom is -0.460 e. The Bertz CT molecular complexity index is 717. The van der Waals surface area contributed by atoms with Gasteiger partial charge in [0.05, 0.1) is 29.1 Å². The fraction of sp³-hybridized carbons (Fsp3) is 0.579. The van der Waals surface area contributed by atoms with Gasteiger partial charge in [-0.3, -0.25) is 9.59 Å². The van der Waals surface area contributed by atoms with E-state index in [9.17, 15) is 22.8 Å². The zero-order valence-electron chi connectivity index (χ0n) is 16.5. The van der Waals surface area contributed by atoms with E-state index in [0.717, 1.165) is 6.92 Å². The molecule has 1 rings (SSSR count). The summed E-state index contributed by atoms with van der Waals surface area (Å²) < 4.78 is 43.6. The number of carbonyl (C=O) groups is 2. The zero-order chi connectivity index (χ0) is 21.9. The van der Waals surface area contributed by atoms with Crippen LogP contribution in [0.2, 0.25) is 5.02 Å². The molecule has 0 heterocycles. The lowest BCUT2D eigenvalue weighted by molar-refractivity contribution is -0.176. The number of ether oxygens (including phenoxy) is 1. The second-order valence-electron chi connectivity index (χ2n) is 7.78. The van der Waals surface area contributed by atoms with Gasteiger partial charge >= 0.3 is 12.1 Å². The van der Waals surface area contributed by atoms with Crippen LogP contribution in [0, 0.1) is 5.92 Å². The van der Waals surface area contributed by atoms with Crippen LogP contribution in [0.15, 0.2) is 18.2 Å². The van der Waals surface area contributed by atoms with Gasteiger partial charge in [-0.15, -0.1) is 0 Å². The molecule has 3 atom stereocenters. The summed E-state index contributed by atoms with van der Waals surface area (Å²) in [6, 6.07) is 2.90. The molecule has 3 N–H and O–H groups in total. The van der Waals surface area contributed by atoms with E-state index in [0.29, 0.717) is 5.56 Å². The van der Waals surface area contributed by atoms with E-state index >= 15 is 0 Å². The normalized spacial score (nSPS) is 15.5. The predicted octanol–water partition coefficient (Wildman–Crippen LogP) is 4.64. The molecule has 0 aliphatic rings. The molecule has 0 radical (unpaired) electrons. The SMILES string of the molecule is CC(CC(=O)OC(C)(C)C)c1ccc(Cl)c(NC(=O)C(N)C(C)C(F)(F)F)c1. The molecule has 9 heteroatoms. The molecule has 5 nitrogen and oxygen atoms in total. The standard InChI is InChI=1S/C19H26ClF3N2O3/c1-10(8-15(26)28-18(3,4)5)12-6-7-13(20)14(9-12)25-17(27)16(24)11(2)19(21,22)23/h6-7,9-11,16H,8,24H2,1-5H3,(H,25,27). The molecule has 28 heavy (non-hydrogen) atoms. The smallest absolute Gasteiger partial charge is 0.393 e. The number of nitrogens with two attached hydrogens (primary N) is 1. The second kappa shape index (κ2) is 9.13. The molecule has 0 fully saturated rings. The highest BCUT2D eigenvalue weighted by molar-refractivity contribution is 6.33. The molecule has 0 aliphatic heterocycles. The second-order valence-corrected chi connectivity index (χ2v) is 8.18. The van der Waals surface area contributed by atoms with E-state index in [-0.39, 0.29) is 29.0 Å². The number of rotatable bonds is 6. The summed E-state index contributed by atoms with van der Waals surface area (Å²) in [5.41, 5.74) is 5.62. The van der Waals surface area contributed by atoms with E-state index in [1.54, 1.807) is 33.8 Å². The Kier molecular flexibility index (Phi) is 7.91. The first-order valence-electron chi connectivity index (χ1n) is 8.76. The fourth-order valence-corrected chi connectivity index (χ4v) is 2.51. The molecular formula is C19H26ClF3N2O3. The molecular weight excluding hydrogens is 397 g/mol. The third-order valence-corrected chi connectivity index (χ3v) is 4.40. The number of halogens is 4. The van der Waals surface area contributed by atoms with Gasteiger partial charge in [0.2, 0.25) is 5.91 Å². The van der Waals surface area contributed by atoms with Crippen molar-refractivity contribution in [2.75, 3.05) is 5.32 Å². The van der Waals surface area contributed by atoms with Crippen LogP contribution in [0.25, 0.3) is 0 Å².